The Morgan fingerprint density at radius 2 is 1.70 bits per heavy atom. The fourth-order valence-corrected chi connectivity index (χ4v) is 1.45. The van der Waals surface area contributed by atoms with Crippen LogP contribution in [0, 0.1) is 0 Å². The number of halogens is 5. The summed E-state index contributed by atoms with van der Waals surface area (Å²) < 4.78 is 59.8. The van der Waals surface area contributed by atoms with Crippen LogP contribution in [0.5, 0.6) is 0 Å². The van der Waals surface area contributed by atoms with Gasteiger partial charge in [0.1, 0.15) is 0 Å². The van der Waals surface area contributed by atoms with Crippen molar-refractivity contribution in [1.29, 1.82) is 0 Å². The van der Waals surface area contributed by atoms with Crippen LogP contribution in [0.3, 0.4) is 0 Å². The van der Waals surface area contributed by atoms with Gasteiger partial charge in [0.25, 0.3) is 0 Å². The molecule has 0 N–H and O–H groups in total. The Kier molecular flexibility index (Phi) is 1.61. The molecule has 1 heterocycles. The molecule has 1 rings (SSSR count). The highest BCUT2D eigenvalue weighted by atomic mass is 32.2. The van der Waals surface area contributed by atoms with Crippen molar-refractivity contribution in [2.45, 2.75) is 17.3 Å². The Morgan fingerprint density at radius 1 is 1.20 bits per heavy atom. The summed E-state index contributed by atoms with van der Waals surface area (Å²) in [7, 11) is 0. The van der Waals surface area contributed by atoms with Gasteiger partial charge in [0, 0.05) is 5.75 Å². The number of hydrogen-bond donors (Lipinski definition) is 0. The van der Waals surface area contributed by atoms with Crippen LogP contribution in [0.25, 0.3) is 0 Å². The van der Waals surface area contributed by atoms with Gasteiger partial charge in [-0.3, -0.25) is 0 Å². The summed E-state index contributed by atoms with van der Waals surface area (Å²) in [4.78, 5) is 0. The third-order valence-corrected chi connectivity index (χ3v) is 2.29. The molecule has 0 saturated carbocycles. The molecule has 1 unspecified atom stereocenters. The Bertz CT molecular complexity index is 145. The molecule has 60 valence electrons. The maximum Gasteiger partial charge on any atom is 0.359 e. The summed E-state index contributed by atoms with van der Waals surface area (Å²) in [5.74, 6) is -5.32. The van der Waals surface area contributed by atoms with Crippen LogP contribution in [0.4, 0.5) is 22.0 Å². The molecule has 1 aliphatic rings. The van der Waals surface area contributed by atoms with E-state index in [9.17, 15) is 22.0 Å². The summed E-state index contributed by atoms with van der Waals surface area (Å²) in [6.45, 7) is 0. The standard InChI is InChI=1S/C4H3F5S/c5-2-1-10-4(8,9)3(2,6)7/h2H,1H2. The predicted octanol–water partition coefficient (Wildman–Crippen LogP) is 2.30. The smallest absolute Gasteiger partial charge is 0.240 e. The van der Waals surface area contributed by atoms with Crippen molar-refractivity contribution in [3.8, 4) is 0 Å². The van der Waals surface area contributed by atoms with Gasteiger partial charge < -0.3 is 0 Å². The number of thioether (sulfide) groups is 1. The molecule has 1 atom stereocenters. The molecule has 0 nitrogen and oxygen atoms in total. The first kappa shape index (κ1) is 8.10. The summed E-state index contributed by atoms with van der Waals surface area (Å²) in [5, 5.41) is -4.23. The molecular weight excluding hydrogens is 175 g/mol. The fraction of sp³-hybridized carbons (Fsp3) is 1.00. The van der Waals surface area contributed by atoms with Crippen LogP contribution in [-0.2, 0) is 0 Å². The Morgan fingerprint density at radius 3 is 1.80 bits per heavy atom. The number of hydrogen-bond acceptors (Lipinski definition) is 1. The van der Waals surface area contributed by atoms with Crippen molar-refractivity contribution >= 4 is 11.8 Å². The van der Waals surface area contributed by atoms with Gasteiger partial charge in [-0.1, -0.05) is 11.8 Å². The van der Waals surface area contributed by atoms with Crippen LogP contribution in [0.15, 0.2) is 0 Å². The van der Waals surface area contributed by atoms with Gasteiger partial charge in [-0.2, -0.15) is 17.6 Å². The highest BCUT2D eigenvalue weighted by Crippen LogP contribution is 2.52. The van der Waals surface area contributed by atoms with Crippen LogP contribution < -0.4 is 0 Å². The third kappa shape index (κ3) is 0.889. The molecule has 1 saturated heterocycles. The van der Waals surface area contributed by atoms with Crippen molar-refractivity contribution in [1.82, 2.24) is 0 Å². The molecular formula is C4H3F5S. The van der Waals surface area contributed by atoms with Gasteiger partial charge >= 0.3 is 11.2 Å². The monoisotopic (exact) mass is 178 g/mol. The Hall–Kier alpha value is -0.0000000000000000555. The maximum atomic E-state index is 12.0. The summed E-state index contributed by atoms with van der Waals surface area (Å²) in [6, 6.07) is 0. The van der Waals surface area contributed by atoms with E-state index < -0.39 is 23.1 Å². The average Bonchev–Trinajstić information content (AvgIpc) is 1.94. The SMILES string of the molecule is FC1CSC(F)(F)C1(F)F. The lowest BCUT2D eigenvalue weighted by molar-refractivity contribution is -0.174. The molecule has 0 aromatic rings. The summed E-state index contributed by atoms with van der Waals surface area (Å²) >= 11 is -0.344. The van der Waals surface area contributed by atoms with E-state index in [0.29, 0.717) is 0 Å². The van der Waals surface area contributed by atoms with E-state index in [1.807, 2.05) is 0 Å². The molecule has 0 aliphatic carbocycles. The lowest BCUT2D eigenvalue weighted by Gasteiger charge is -2.17. The molecule has 1 aliphatic heterocycles. The Labute approximate surface area is 57.8 Å². The van der Waals surface area contributed by atoms with Crippen LogP contribution >= 0.6 is 11.8 Å². The molecule has 0 aromatic carbocycles. The predicted molar refractivity (Wildman–Crippen MR) is 27.2 cm³/mol. The van der Waals surface area contributed by atoms with Gasteiger partial charge in [0.2, 0.25) is 0 Å². The van der Waals surface area contributed by atoms with Gasteiger partial charge in [-0.05, 0) is 0 Å². The molecule has 0 amide bonds. The molecule has 1 fully saturated rings. The van der Waals surface area contributed by atoms with E-state index in [1.54, 1.807) is 0 Å². The minimum absolute atomic E-state index is 0.344. The second-order valence-electron chi connectivity index (χ2n) is 1.92. The number of alkyl halides is 5. The van der Waals surface area contributed by atoms with E-state index in [4.69, 9.17) is 0 Å². The first-order valence-electron chi connectivity index (χ1n) is 2.41. The lowest BCUT2D eigenvalue weighted by atomic mass is 10.2. The first-order valence-corrected chi connectivity index (χ1v) is 3.40. The van der Waals surface area contributed by atoms with E-state index >= 15 is 0 Å². The second kappa shape index (κ2) is 1.99. The summed E-state index contributed by atoms with van der Waals surface area (Å²) in [6.07, 6.45) is -2.72. The van der Waals surface area contributed by atoms with Crippen molar-refractivity contribution in [3.63, 3.8) is 0 Å². The molecule has 6 heteroatoms. The number of rotatable bonds is 0. The highest BCUT2D eigenvalue weighted by Gasteiger charge is 2.67. The average molecular weight is 178 g/mol. The van der Waals surface area contributed by atoms with Crippen molar-refractivity contribution in [2.75, 3.05) is 5.75 Å². The topological polar surface area (TPSA) is 0 Å². The normalized spacial score (nSPS) is 36.3. The molecule has 10 heavy (non-hydrogen) atoms. The molecule has 0 bridgehead atoms. The largest absolute Gasteiger partial charge is 0.359 e. The zero-order valence-corrected chi connectivity index (χ0v) is 5.40. The van der Waals surface area contributed by atoms with E-state index in [1.165, 1.54) is 0 Å². The van der Waals surface area contributed by atoms with Crippen molar-refractivity contribution in [3.05, 3.63) is 0 Å². The van der Waals surface area contributed by atoms with Crippen LogP contribution in [-0.4, -0.2) is 23.1 Å². The highest BCUT2D eigenvalue weighted by molar-refractivity contribution is 8.00. The van der Waals surface area contributed by atoms with Crippen LogP contribution in [0.2, 0.25) is 0 Å². The maximum absolute atomic E-state index is 12.0. The third-order valence-electron chi connectivity index (χ3n) is 1.19. The van der Waals surface area contributed by atoms with E-state index in [2.05, 4.69) is 0 Å². The van der Waals surface area contributed by atoms with Gasteiger partial charge in [-0.15, -0.1) is 0 Å². The van der Waals surface area contributed by atoms with E-state index in [0.717, 1.165) is 0 Å². The van der Waals surface area contributed by atoms with Crippen molar-refractivity contribution in [2.24, 2.45) is 0 Å². The van der Waals surface area contributed by atoms with Gasteiger partial charge in [-0.25, -0.2) is 4.39 Å². The Balaban J connectivity index is 2.84. The zero-order chi connectivity index (χ0) is 7.99. The van der Waals surface area contributed by atoms with Crippen LogP contribution in [0.1, 0.15) is 0 Å². The minimum Gasteiger partial charge on any atom is -0.240 e. The molecule has 0 aromatic heterocycles. The molecule has 0 spiro atoms. The molecule has 0 radical (unpaired) electrons. The quantitative estimate of drug-likeness (QED) is 0.513. The second-order valence-corrected chi connectivity index (χ2v) is 3.05. The van der Waals surface area contributed by atoms with Crippen molar-refractivity contribution < 1.29 is 22.0 Å². The van der Waals surface area contributed by atoms with Gasteiger partial charge in [0.05, 0.1) is 0 Å². The summed E-state index contributed by atoms with van der Waals surface area (Å²) in [5.41, 5.74) is 0. The van der Waals surface area contributed by atoms with E-state index in [-0.39, 0.29) is 11.8 Å². The minimum atomic E-state index is -4.49. The zero-order valence-electron chi connectivity index (χ0n) is 4.58. The lowest BCUT2D eigenvalue weighted by Crippen LogP contribution is -2.39. The fourth-order valence-electron chi connectivity index (χ4n) is 0.561. The first-order chi connectivity index (χ1) is 4.38. The van der Waals surface area contributed by atoms with Gasteiger partial charge in [0.15, 0.2) is 6.17 Å².